The number of carbonyl (C=O) groups excluding carboxylic acids is 1. The first-order chi connectivity index (χ1) is 12.1. The number of benzene rings is 1. The first-order valence-corrected chi connectivity index (χ1v) is 8.93. The third-order valence-electron chi connectivity index (χ3n) is 5.10. The van der Waals surface area contributed by atoms with E-state index in [1.807, 2.05) is 24.3 Å². The highest BCUT2D eigenvalue weighted by Crippen LogP contribution is 2.29. The van der Waals surface area contributed by atoms with Crippen LogP contribution < -0.4 is 10.6 Å². The van der Waals surface area contributed by atoms with Crippen LogP contribution in [0.4, 0.5) is 10.5 Å². The Balaban J connectivity index is 1.42. The van der Waals surface area contributed by atoms with Gasteiger partial charge in [-0.1, -0.05) is 25.0 Å². The summed E-state index contributed by atoms with van der Waals surface area (Å²) >= 11 is 0. The lowest BCUT2D eigenvalue weighted by atomic mass is 10.0. The summed E-state index contributed by atoms with van der Waals surface area (Å²) in [6.07, 6.45) is 5.61. The molecule has 0 spiro atoms. The molecule has 0 bridgehead atoms. The van der Waals surface area contributed by atoms with Crippen LogP contribution in [0.2, 0.25) is 0 Å². The van der Waals surface area contributed by atoms with Gasteiger partial charge in [0.1, 0.15) is 5.82 Å². The van der Waals surface area contributed by atoms with Crippen LogP contribution in [0.3, 0.4) is 0 Å². The summed E-state index contributed by atoms with van der Waals surface area (Å²) in [6.45, 7) is 1.23. The molecule has 7 nitrogen and oxygen atoms in total. The molecule has 132 valence electrons. The molecule has 25 heavy (non-hydrogen) atoms. The van der Waals surface area contributed by atoms with Crippen LogP contribution in [0.25, 0.3) is 11.4 Å². The Morgan fingerprint density at radius 2 is 2.08 bits per heavy atom. The fourth-order valence-electron chi connectivity index (χ4n) is 3.73. The van der Waals surface area contributed by atoms with Gasteiger partial charge in [0, 0.05) is 30.8 Å². The normalized spacial score (nSPS) is 18.1. The fourth-order valence-corrected chi connectivity index (χ4v) is 3.73. The zero-order valence-electron chi connectivity index (χ0n) is 14.2. The minimum atomic E-state index is -0.749. The molecule has 0 unspecified atom stereocenters. The van der Waals surface area contributed by atoms with E-state index in [1.54, 1.807) is 0 Å². The molecule has 1 aromatic carbocycles. The maximum absolute atomic E-state index is 12.1. The molecule has 1 aliphatic carbocycles. The van der Waals surface area contributed by atoms with Crippen LogP contribution in [-0.2, 0) is 13.0 Å². The van der Waals surface area contributed by atoms with Crippen molar-refractivity contribution in [3.63, 3.8) is 0 Å². The maximum atomic E-state index is 12.1. The van der Waals surface area contributed by atoms with Gasteiger partial charge in [-0.3, -0.25) is 0 Å². The molecular formula is C18H23N5O2. The molecule has 1 fully saturated rings. The van der Waals surface area contributed by atoms with E-state index in [-0.39, 0.29) is 12.6 Å². The lowest BCUT2D eigenvalue weighted by Crippen LogP contribution is -2.42. The summed E-state index contributed by atoms with van der Waals surface area (Å²) in [5.74, 6) is 1.87. The second-order valence-electron chi connectivity index (χ2n) is 7.01. The smallest absolute Gasteiger partial charge is 0.319 e. The van der Waals surface area contributed by atoms with Crippen molar-refractivity contribution < 1.29 is 9.90 Å². The summed E-state index contributed by atoms with van der Waals surface area (Å²) in [5, 5.41) is 24.4. The molecule has 2 heterocycles. The molecule has 7 heteroatoms. The molecule has 0 saturated heterocycles. The number of aliphatic hydroxyl groups is 1. The largest absolute Gasteiger partial charge is 0.388 e. The Morgan fingerprint density at radius 1 is 1.24 bits per heavy atom. The number of carbonyl (C=O) groups is 1. The number of anilines is 1. The lowest BCUT2D eigenvalue weighted by molar-refractivity contribution is 0.0506. The van der Waals surface area contributed by atoms with Crippen molar-refractivity contribution in [3.8, 4) is 11.4 Å². The Morgan fingerprint density at radius 3 is 2.92 bits per heavy atom. The molecule has 0 atom stereocenters. The van der Waals surface area contributed by atoms with Crippen LogP contribution in [0.1, 0.15) is 37.9 Å². The fraction of sp³-hybridized carbons (Fsp3) is 0.500. The van der Waals surface area contributed by atoms with Crippen molar-refractivity contribution in [2.24, 2.45) is 0 Å². The van der Waals surface area contributed by atoms with Crippen molar-refractivity contribution >= 4 is 11.7 Å². The monoisotopic (exact) mass is 341 g/mol. The molecule has 0 radical (unpaired) electrons. The minimum Gasteiger partial charge on any atom is -0.388 e. The topological polar surface area (TPSA) is 92.1 Å². The quantitative estimate of drug-likeness (QED) is 0.796. The van der Waals surface area contributed by atoms with Gasteiger partial charge in [0.15, 0.2) is 5.82 Å². The van der Waals surface area contributed by atoms with Crippen LogP contribution in [0.5, 0.6) is 0 Å². The number of hydrogen-bond acceptors (Lipinski definition) is 4. The highest BCUT2D eigenvalue weighted by Gasteiger charge is 2.31. The van der Waals surface area contributed by atoms with Crippen LogP contribution in [-0.4, -0.2) is 38.0 Å². The molecule has 1 aliphatic heterocycles. The van der Waals surface area contributed by atoms with Gasteiger partial charge in [-0.05, 0) is 31.4 Å². The van der Waals surface area contributed by atoms with Crippen LogP contribution >= 0.6 is 0 Å². The molecule has 2 aliphatic rings. The second kappa shape index (κ2) is 6.48. The average molecular weight is 341 g/mol. The summed E-state index contributed by atoms with van der Waals surface area (Å²) in [6, 6.07) is 7.31. The van der Waals surface area contributed by atoms with E-state index in [4.69, 9.17) is 0 Å². The number of amides is 2. The highest BCUT2D eigenvalue weighted by atomic mass is 16.3. The van der Waals surface area contributed by atoms with E-state index in [9.17, 15) is 9.90 Å². The van der Waals surface area contributed by atoms with Gasteiger partial charge in [-0.15, -0.1) is 10.2 Å². The third-order valence-corrected chi connectivity index (χ3v) is 5.10. The molecular weight excluding hydrogens is 318 g/mol. The Bertz CT molecular complexity index is 780. The summed E-state index contributed by atoms with van der Waals surface area (Å²) in [4.78, 5) is 12.1. The first-order valence-electron chi connectivity index (χ1n) is 8.93. The predicted octanol–water partition coefficient (Wildman–Crippen LogP) is 2.32. The Labute approximate surface area is 146 Å². The molecule has 3 N–H and O–H groups in total. The van der Waals surface area contributed by atoms with Crippen molar-refractivity contribution in [3.05, 3.63) is 30.1 Å². The number of aromatic nitrogens is 3. The van der Waals surface area contributed by atoms with E-state index in [2.05, 4.69) is 25.4 Å². The molecule has 2 amide bonds. The summed E-state index contributed by atoms with van der Waals surface area (Å²) in [7, 11) is 0. The van der Waals surface area contributed by atoms with Gasteiger partial charge in [0.05, 0.1) is 5.60 Å². The molecule has 4 rings (SSSR count). The number of rotatable bonds is 4. The van der Waals surface area contributed by atoms with E-state index >= 15 is 0 Å². The van der Waals surface area contributed by atoms with Gasteiger partial charge >= 0.3 is 6.03 Å². The summed E-state index contributed by atoms with van der Waals surface area (Å²) < 4.78 is 2.13. The van der Waals surface area contributed by atoms with E-state index in [1.165, 1.54) is 0 Å². The van der Waals surface area contributed by atoms with Crippen molar-refractivity contribution in [2.45, 2.75) is 50.7 Å². The van der Waals surface area contributed by atoms with Crippen molar-refractivity contribution in [2.75, 3.05) is 11.9 Å². The number of nitrogens with one attached hydrogen (secondary N) is 2. The van der Waals surface area contributed by atoms with Crippen LogP contribution in [0, 0.1) is 0 Å². The van der Waals surface area contributed by atoms with Gasteiger partial charge < -0.3 is 20.3 Å². The lowest BCUT2D eigenvalue weighted by Gasteiger charge is -2.22. The van der Waals surface area contributed by atoms with E-state index < -0.39 is 5.60 Å². The van der Waals surface area contributed by atoms with E-state index in [0.29, 0.717) is 5.69 Å². The van der Waals surface area contributed by atoms with Crippen LogP contribution in [0.15, 0.2) is 24.3 Å². The highest BCUT2D eigenvalue weighted by molar-refractivity contribution is 5.90. The molecule has 1 aromatic heterocycles. The minimum absolute atomic E-state index is 0.288. The van der Waals surface area contributed by atoms with Crippen molar-refractivity contribution in [1.29, 1.82) is 0 Å². The van der Waals surface area contributed by atoms with Gasteiger partial charge in [-0.25, -0.2) is 4.79 Å². The Hall–Kier alpha value is -2.41. The number of nitrogens with zero attached hydrogens (tertiary/aromatic N) is 3. The maximum Gasteiger partial charge on any atom is 0.319 e. The Kier molecular flexibility index (Phi) is 4.17. The second-order valence-corrected chi connectivity index (χ2v) is 7.01. The average Bonchev–Trinajstić information content (AvgIpc) is 3.30. The predicted molar refractivity (Wildman–Crippen MR) is 94.2 cm³/mol. The zero-order valence-corrected chi connectivity index (χ0v) is 14.2. The zero-order chi connectivity index (χ0) is 17.3. The van der Waals surface area contributed by atoms with Gasteiger partial charge in [0.2, 0.25) is 0 Å². The standard InChI is InChI=1S/C18H23N5O2/c24-17(19-12-18(25)8-1-2-9-18)20-14-6-3-5-13(11-14)16-22-21-15-7-4-10-23(15)16/h3,5-6,11,25H,1-2,4,7-10,12H2,(H2,19,20,24). The summed E-state index contributed by atoms with van der Waals surface area (Å²) in [5.41, 5.74) is 0.887. The van der Waals surface area contributed by atoms with Crippen molar-refractivity contribution in [1.82, 2.24) is 20.1 Å². The number of urea groups is 1. The number of fused-ring (bicyclic) bond motifs is 1. The number of aryl methyl sites for hydroxylation is 1. The third kappa shape index (κ3) is 3.37. The SMILES string of the molecule is O=C(NCC1(O)CCCC1)Nc1cccc(-c2nnc3n2CCC3)c1. The molecule has 1 saturated carbocycles. The molecule has 2 aromatic rings. The van der Waals surface area contributed by atoms with E-state index in [0.717, 1.165) is 62.3 Å². The number of hydrogen-bond donors (Lipinski definition) is 3. The van der Waals surface area contributed by atoms with Gasteiger partial charge in [0.25, 0.3) is 0 Å². The van der Waals surface area contributed by atoms with Gasteiger partial charge in [-0.2, -0.15) is 0 Å². The first kappa shape index (κ1) is 16.1.